The molecule has 1 N–H and O–H groups in total. The van der Waals surface area contributed by atoms with E-state index in [4.69, 9.17) is 0 Å². The first-order chi connectivity index (χ1) is 14.6. The molecule has 0 saturated heterocycles. The van der Waals surface area contributed by atoms with Crippen LogP contribution < -0.4 is 10.9 Å². The molecule has 0 aliphatic carbocycles. The third-order valence-corrected chi connectivity index (χ3v) is 5.29. The zero-order chi connectivity index (χ0) is 20.9. The maximum absolute atomic E-state index is 12.9. The van der Waals surface area contributed by atoms with Crippen LogP contribution in [0.1, 0.15) is 34.0 Å². The van der Waals surface area contributed by atoms with Crippen molar-refractivity contribution in [2.75, 3.05) is 6.54 Å². The second kappa shape index (κ2) is 8.74. The van der Waals surface area contributed by atoms with Crippen molar-refractivity contribution >= 4 is 16.7 Å². The number of nitrogens with one attached hydrogen (secondary N) is 1. The Bertz CT molecular complexity index is 1180. The number of rotatable bonds is 6. The smallest absolute Gasteiger partial charge is 0.274 e. The highest BCUT2D eigenvalue weighted by Gasteiger charge is 2.17. The summed E-state index contributed by atoms with van der Waals surface area (Å²) in [6.07, 6.45) is 0.753. The molecule has 0 bridgehead atoms. The maximum atomic E-state index is 12.9. The predicted octanol–water partition coefficient (Wildman–Crippen LogP) is 3.89. The van der Waals surface area contributed by atoms with Gasteiger partial charge in [-0.2, -0.15) is 5.10 Å². The maximum Gasteiger partial charge on any atom is 0.274 e. The van der Waals surface area contributed by atoms with Gasteiger partial charge in [-0.3, -0.25) is 9.59 Å². The third kappa shape index (κ3) is 4.01. The molecule has 5 heteroatoms. The Balaban J connectivity index is 1.54. The number of aryl methyl sites for hydroxylation is 1. The van der Waals surface area contributed by atoms with Crippen molar-refractivity contribution in [3.8, 4) is 0 Å². The van der Waals surface area contributed by atoms with Gasteiger partial charge in [-0.05, 0) is 23.6 Å². The van der Waals surface area contributed by atoms with Crippen molar-refractivity contribution in [3.63, 3.8) is 0 Å². The average Bonchev–Trinajstić information content (AvgIpc) is 2.80. The third-order valence-electron chi connectivity index (χ3n) is 5.29. The molecule has 0 radical (unpaired) electrons. The Morgan fingerprint density at radius 2 is 1.40 bits per heavy atom. The molecule has 0 aliphatic heterocycles. The number of fused-ring (bicyclic) bond motifs is 1. The van der Waals surface area contributed by atoms with Crippen LogP contribution in [0.4, 0.5) is 0 Å². The minimum Gasteiger partial charge on any atom is -0.351 e. The van der Waals surface area contributed by atoms with Gasteiger partial charge >= 0.3 is 0 Å². The number of aromatic nitrogens is 2. The van der Waals surface area contributed by atoms with Crippen LogP contribution in [0.5, 0.6) is 0 Å². The van der Waals surface area contributed by atoms with Gasteiger partial charge in [-0.25, -0.2) is 4.68 Å². The quantitative estimate of drug-likeness (QED) is 0.537. The van der Waals surface area contributed by atoms with Gasteiger partial charge in [-0.15, -0.1) is 0 Å². The highest BCUT2D eigenvalue weighted by Crippen LogP contribution is 2.27. The summed E-state index contributed by atoms with van der Waals surface area (Å²) in [4.78, 5) is 25.2. The van der Waals surface area contributed by atoms with Crippen molar-refractivity contribution in [3.05, 3.63) is 112 Å². The summed E-state index contributed by atoms with van der Waals surface area (Å²) in [7, 11) is 1.56. The van der Waals surface area contributed by atoms with Crippen LogP contribution in [-0.4, -0.2) is 22.2 Å². The van der Waals surface area contributed by atoms with Gasteiger partial charge in [0, 0.05) is 24.9 Å². The van der Waals surface area contributed by atoms with Gasteiger partial charge in [0.25, 0.3) is 11.5 Å². The van der Waals surface area contributed by atoms with Crippen LogP contribution in [0, 0.1) is 0 Å². The summed E-state index contributed by atoms with van der Waals surface area (Å²) in [6.45, 7) is 0.492. The number of hydrogen-bond acceptors (Lipinski definition) is 3. The van der Waals surface area contributed by atoms with Crippen LogP contribution in [0.3, 0.4) is 0 Å². The minimum atomic E-state index is -0.276. The van der Waals surface area contributed by atoms with E-state index in [0.29, 0.717) is 17.3 Å². The Morgan fingerprint density at radius 1 is 0.867 bits per heavy atom. The monoisotopic (exact) mass is 397 g/mol. The van der Waals surface area contributed by atoms with E-state index in [2.05, 4.69) is 34.7 Å². The van der Waals surface area contributed by atoms with Gasteiger partial charge in [0.1, 0.15) is 0 Å². The first-order valence-electron chi connectivity index (χ1n) is 9.99. The van der Waals surface area contributed by atoms with Gasteiger partial charge in [0.05, 0.1) is 5.39 Å². The first-order valence-corrected chi connectivity index (χ1v) is 9.99. The largest absolute Gasteiger partial charge is 0.351 e. The Kier molecular flexibility index (Phi) is 5.70. The van der Waals surface area contributed by atoms with Gasteiger partial charge < -0.3 is 5.32 Å². The minimum absolute atomic E-state index is 0.178. The Hall–Kier alpha value is -3.73. The van der Waals surface area contributed by atoms with E-state index in [0.717, 1.165) is 6.42 Å². The molecule has 1 amide bonds. The Morgan fingerprint density at radius 3 is 2.00 bits per heavy atom. The highest BCUT2D eigenvalue weighted by atomic mass is 16.2. The molecule has 30 heavy (non-hydrogen) atoms. The normalized spacial score (nSPS) is 11.0. The lowest BCUT2D eigenvalue weighted by molar-refractivity contribution is 0.0947. The summed E-state index contributed by atoms with van der Waals surface area (Å²) >= 11 is 0. The fourth-order valence-electron chi connectivity index (χ4n) is 3.78. The van der Waals surface area contributed by atoms with E-state index in [1.54, 1.807) is 31.3 Å². The van der Waals surface area contributed by atoms with Crippen molar-refractivity contribution < 1.29 is 4.79 Å². The van der Waals surface area contributed by atoms with E-state index in [9.17, 15) is 9.59 Å². The number of carbonyl (C=O) groups excluding carboxylic acids is 1. The molecule has 0 atom stereocenters. The van der Waals surface area contributed by atoms with Crippen LogP contribution in [-0.2, 0) is 7.05 Å². The average molecular weight is 397 g/mol. The molecule has 1 aromatic heterocycles. The van der Waals surface area contributed by atoms with Crippen molar-refractivity contribution in [2.24, 2.45) is 7.05 Å². The number of amides is 1. The lowest BCUT2D eigenvalue weighted by Crippen LogP contribution is -2.30. The summed E-state index contributed by atoms with van der Waals surface area (Å²) < 4.78 is 1.22. The molecule has 4 aromatic rings. The predicted molar refractivity (Wildman–Crippen MR) is 119 cm³/mol. The number of benzene rings is 3. The lowest BCUT2D eigenvalue weighted by Gasteiger charge is -2.18. The molecule has 4 rings (SSSR count). The first kappa shape index (κ1) is 19.6. The fourth-order valence-corrected chi connectivity index (χ4v) is 3.78. The zero-order valence-corrected chi connectivity index (χ0v) is 16.8. The van der Waals surface area contributed by atoms with Crippen LogP contribution >= 0.6 is 0 Å². The second-order valence-corrected chi connectivity index (χ2v) is 7.24. The molecule has 0 spiro atoms. The zero-order valence-electron chi connectivity index (χ0n) is 16.8. The molecule has 0 aliphatic rings. The lowest BCUT2D eigenvalue weighted by atomic mass is 9.88. The number of nitrogens with zero attached hydrogens (tertiary/aromatic N) is 2. The van der Waals surface area contributed by atoms with Gasteiger partial charge in [0.15, 0.2) is 5.69 Å². The number of hydrogen-bond donors (Lipinski definition) is 1. The van der Waals surface area contributed by atoms with E-state index in [1.807, 2.05) is 36.4 Å². The SMILES string of the molecule is Cn1nc(C(=O)NCCC(c2ccccc2)c2ccccc2)c2ccccc2c1=O. The molecule has 1 heterocycles. The molecule has 0 unspecified atom stereocenters. The molecule has 0 fully saturated rings. The van der Waals surface area contributed by atoms with Crippen molar-refractivity contribution in [2.45, 2.75) is 12.3 Å². The van der Waals surface area contributed by atoms with E-state index in [1.165, 1.54) is 15.8 Å². The van der Waals surface area contributed by atoms with Gasteiger partial charge in [-0.1, -0.05) is 78.9 Å². The molecule has 3 aromatic carbocycles. The van der Waals surface area contributed by atoms with Crippen LogP contribution in [0.15, 0.2) is 89.7 Å². The topological polar surface area (TPSA) is 64.0 Å². The number of carbonyl (C=O) groups is 1. The van der Waals surface area contributed by atoms with Crippen LogP contribution in [0.2, 0.25) is 0 Å². The van der Waals surface area contributed by atoms with Crippen LogP contribution in [0.25, 0.3) is 10.8 Å². The van der Waals surface area contributed by atoms with Crippen molar-refractivity contribution in [1.29, 1.82) is 0 Å². The molecule has 0 saturated carbocycles. The summed E-state index contributed by atoms with van der Waals surface area (Å²) in [6, 6.07) is 27.7. The molecular weight excluding hydrogens is 374 g/mol. The highest BCUT2D eigenvalue weighted by molar-refractivity contribution is 6.04. The van der Waals surface area contributed by atoms with E-state index in [-0.39, 0.29) is 23.1 Å². The fraction of sp³-hybridized carbons (Fsp3) is 0.160. The molecule has 5 nitrogen and oxygen atoms in total. The molecule has 150 valence electrons. The van der Waals surface area contributed by atoms with E-state index >= 15 is 0 Å². The van der Waals surface area contributed by atoms with Crippen molar-refractivity contribution in [1.82, 2.24) is 15.1 Å². The standard InChI is InChI=1S/C25H23N3O2/c1-28-25(30)22-15-9-8-14-21(22)23(27-28)24(29)26-17-16-20(18-10-4-2-5-11-18)19-12-6-3-7-13-19/h2-15,20H,16-17H2,1H3,(H,26,29). The summed E-state index contributed by atoms with van der Waals surface area (Å²) in [5.41, 5.74) is 2.48. The van der Waals surface area contributed by atoms with Gasteiger partial charge in [0.2, 0.25) is 0 Å². The molecular formula is C25H23N3O2. The van der Waals surface area contributed by atoms with E-state index < -0.39 is 0 Å². The summed E-state index contributed by atoms with van der Waals surface area (Å²) in [5.74, 6) is -0.0980. The second-order valence-electron chi connectivity index (χ2n) is 7.24. The Labute approximate surface area is 175 Å². The summed E-state index contributed by atoms with van der Waals surface area (Å²) in [5, 5.41) is 8.26.